The van der Waals surface area contributed by atoms with Gasteiger partial charge in [-0.15, -0.1) is 21.5 Å². The minimum atomic E-state index is -0.532. The Balaban J connectivity index is 0.478. The second kappa shape index (κ2) is 49.6. The Labute approximate surface area is 781 Å². The zero-order valence-corrected chi connectivity index (χ0v) is 80.2. The van der Waals surface area contributed by atoms with Crippen LogP contribution in [-0.4, -0.2) is 218 Å². The zero-order chi connectivity index (χ0) is 94.7. The van der Waals surface area contributed by atoms with E-state index in [2.05, 4.69) is 48.5 Å². The number of ether oxygens (including phenoxy) is 6. The van der Waals surface area contributed by atoms with Crippen molar-refractivity contribution in [3.8, 4) is 10.8 Å². The molecule has 0 radical (unpaired) electrons. The average Bonchev–Trinajstić information content (AvgIpc) is 1.59. The van der Waals surface area contributed by atoms with Gasteiger partial charge in [0.15, 0.2) is 40.6 Å². The summed E-state index contributed by atoms with van der Waals surface area (Å²) in [4.78, 5) is 156. The molecule has 1 aliphatic heterocycles. The Bertz CT molecular complexity index is 5670. The lowest BCUT2D eigenvalue weighted by atomic mass is 9.99. The largest absolute Gasteiger partial charge is 0.491 e. The number of carbonyl (C=O) groups excluding carboxylic acids is 10. The number of rotatable bonds is 61. The third kappa shape index (κ3) is 29.0. The van der Waals surface area contributed by atoms with Crippen molar-refractivity contribution >= 4 is 86.5 Å². The van der Waals surface area contributed by atoms with E-state index in [1.807, 2.05) is 109 Å². The van der Waals surface area contributed by atoms with E-state index in [1.165, 1.54) is 4.88 Å². The van der Waals surface area contributed by atoms with Gasteiger partial charge < -0.3 is 60.7 Å². The summed E-state index contributed by atoms with van der Waals surface area (Å²) in [6, 6.07) is 19.6. The van der Waals surface area contributed by atoms with Crippen LogP contribution in [0.15, 0.2) is 115 Å². The summed E-state index contributed by atoms with van der Waals surface area (Å²) >= 11 is 7.95. The third-order valence-corrected chi connectivity index (χ3v) is 24.8. The molecule has 0 spiro atoms. The maximum absolute atomic E-state index is 13.9. The van der Waals surface area contributed by atoms with Gasteiger partial charge in [-0.25, -0.2) is 15.0 Å². The quantitative estimate of drug-likeness (QED) is 0.0252. The van der Waals surface area contributed by atoms with Crippen LogP contribution in [0.5, 0.6) is 5.75 Å². The van der Waals surface area contributed by atoms with Crippen LogP contribution >= 0.6 is 22.9 Å². The number of aliphatic imine (C=N–C) groups is 1. The lowest BCUT2D eigenvalue weighted by molar-refractivity contribution is -0.121. The lowest BCUT2D eigenvalue weighted by Crippen LogP contribution is -2.21. The van der Waals surface area contributed by atoms with Gasteiger partial charge in [0.05, 0.1) is 113 Å². The predicted molar refractivity (Wildman–Crippen MR) is 504 cm³/mol. The van der Waals surface area contributed by atoms with Crippen LogP contribution < -0.4 is 4.74 Å². The van der Waals surface area contributed by atoms with Crippen LogP contribution in [0.1, 0.15) is 286 Å². The van der Waals surface area contributed by atoms with Gasteiger partial charge in [-0.2, -0.15) is 0 Å². The van der Waals surface area contributed by atoms with E-state index in [-0.39, 0.29) is 165 Å². The fourth-order valence-electron chi connectivity index (χ4n) is 16.2. The Morgan fingerprint density at radius 2 is 0.902 bits per heavy atom. The molecular weight excluding hydrogens is 1720 g/mol. The zero-order valence-electron chi connectivity index (χ0n) is 78.6. The highest BCUT2D eigenvalue weighted by Gasteiger charge is 2.34. The highest BCUT2D eigenvalue weighted by Crippen LogP contribution is 2.40. The second-order valence-corrected chi connectivity index (χ2v) is 36.6. The number of unbranched alkanes of at least 4 members (excludes halogenated alkanes) is 2. The van der Waals surface area contributed by atoms with Crippen molar-refractivity contribution in [1.82, 2.24) is 62.0 Å². The number of carbonyl (C=O) groups is 10. The number of aryl methyl sites for hydroxylation is 5. The Morgan fingerprint density at radius 1 is 0.455 bits per heavy atom. The van der Waals surface area contributed by atoms with Crippen LogP contribution in [0.4, 0.5) is 0 Å². The monoisotopic (exact) mass is 1850 g/mol. The summed E-state index contributed by atoms with van der Waals surface area (Å²) in [5, 5.41) is 10.6. The summed E-state index contributed by atoms with van der Waals surface area (Å²) < 4.78 is 46.6. The van der Waals surface area contributed by atoms with Crippen LogP contribution in [0.2, 0.25) is 5.02 Å². The number of Topliss-reactive ketones (excluding diaryl/α,β-unsaturated/α-hetero) is 10. The van der Waals surface area contributed by atoms with Crippen molar-refractivity contribution in [2.75, 3.05) is 92.8 Å². The molecule has 9 heterocycles. The number of imidazole rings is 3. The predicted octanol–water partition coefficient (Wildman–Crippen LogP) is 15.5. The Kier molecular flexibility index (Phi) is 38.2. The molecule has 1 aliphatic rings. The van der Waals surface area contributed by atoms with E-state index >= 15 is 0 Å². The van der Waals surface area contributed by atoms with Crippen molar-refractivity contribution in [2.45, 2.75) is 215 Å². The number of thiophene rings is 1. The minimum Gasteiger partial charge on any atom is -0.491 e. The summed E-state index contributed by atoms with van der Waals surface area (Å²) in [5.74, 6) is 1.79. The SMILES string of the molecule is Cc1sc2c(c1C)C(c1ccc(Cl)cc1)=N[C@@H](CC(=O)Cc1ccc(OCCOCCOCCOCCOCCOCCC(=O)CCCCN(C)CCCCC(=O)c3cc(CC(=O)c4nc(CC(=O)CCCC(=O)c5cc(CC(=O)c6nc(CC(=O)CCCC(=O)c7cc(CC(=O)c8nccn8C(C)C)cn7C)cn6C(C)C)cn5C)cn4C(C)C)cn3C)cc1)c1nnc(C)n1-2. The van der Waals surface area contributed by atoms with E-state index in [0.717, 1.165) is 71.1 Å². The normalized spacial score (nSPS) is 12.7. The van der Waals surface area contributed by atoms with Crippen molar-refractivity contribution in [2.24, 2.45) is 26.1 Å². The van der Waals surface area contributed by atoms with Crippen LogP contribution in [0.3, 0.4) is 0 Å². The number of halogens is 1. The van der Waals surface area contributed by atoms with E-state index in [1.54, 1.807) is 117 Å². The molecule has 8 aromatic heterocycles. The molecule has 0 saturated heterocycles. The summed E-state index contributed by atoms with van der Waals surface area (Å²) in [6.45, 7) is 23.8. The van der Waals surface area contributed by atoms with Crippen molar-refractivity contribution in [1.29, 1.82) is 0 Å². The van der Waals surface area contributed by atoms with E-state index < -0.39 is 6.04 Å². The first-order valence-electron chi connectivity index (χ1n) is 45.9. The van der Waals surface area contributed by atoms with Gasteiger partial charge in [0.25, 0.3) is 0 Å². The molecular formula is C100H127ClN14O16S. The first-order chi connectivity index (χ1) is 63.4. The van der Waals surface area contributed by atoms with Gasteiger partial charge in [-0.1, -0.05) is 35.9 Å². The number of benzene rings is 2. The van der Waals surface area contributed by atoms with Gasteiger partial charge in [0.2, 0.25) is 17.3 Å². The topological polar surface area (TPSA) is 341 Å². The number of hydrogen-bond donors (Lipinski definition) is 0. The maximum atomic E-state index is 13.9. The highest BCUT2D eigenvalue weighted by atomic mass is 35.5. The summed E-state index contributed by atoms with van der Waals surface area (Å²) in [7, 11) is 7.33. The molecule has 10 aromatic rings. The van der Waals surface area contributed by atoms with Gasteiger partial charge >= 0.3 is 0 Å². The molecule has 30 nitrogen and oxygen atoms in total. The molecule has 11 rings (SSSR count). The molecule has 1 atom stereocenters. The lowest BCUT2D eigenvalue weighted by Gasteiger charge is -2.16. The number of ketones is 10. The van der Waals surface area contributed by atoms with Gasteiger partial charge in [-0.05, 0) is 191 Å². The minimum absolute atomic E-state index is 0.0105. The first-order valence-corrected chi connectivity index (χ1v) is 47.1. The maximum Gasteiger partial charge on any atom is 0.202 e. The summed E-state index contributed by atoms with van der Waals surface area (Å²) in [5.41, 5.74) is 9.01. The van der Waals surface area contributed by atoms with E-state index in [9.17, 15) is 47.9 Å². The summed E-state index contributed by atoms with van der Waals surface area (Å²) in [6.07, 6.45) is 18.0. The molecule has 0 N–H and O–H groups in total. The molecule has 132 heavy (non-hydrogen) atoms. The smallest absolute Gasteiger partial charge is 0.202 e. The number of fused-ring (bicyclic) bond motifs is 3. The molecule has 0 amide bonds. The number of hydrogen-bond acceptors (Lipinski definition) is 24. The van der Waals surface area contributed by atoms with Gasteiger partial charge in [0, 0.05) is 181 Å². The second-order valence-electron chi connectivity index (χ2n) is 35.0. The first kappa shape index (κ1) is 102. The third-order valence-electron chi connectivity index (χ3n) is 23.3. The average molecular weight is 1850 g/mol. The van der Waals surface area contributed by atoms with Crippen LogP contribution in [0, 0.1) is 20.8 Å². The molecule has 0 unspecified atom stereocenters. The standard InChI is InChI=1S/C100H127ClN14O16S/c1-65(2)112-38-35-102-97(112)91(123)54-72-51-86(110(12)60-72)89(121)24-18-21-80(117)58-78-64-114(67(5)6)99(104-78)93(125)56-74-53-87(111(13)62-74)90(122)25-19-22-81(118)57-77-63-113(66(3)4)98(103-77)92(124)55-73-52-85(109(11)61-73)88(120)23-15-17-37-108(10)36-16-14-20-79(116)34-39-126-40-41-127-42-43-128-44-45-129-46-47-130-48-49-131-83-32-26-71(27-33-83)50-82(119)59-84-96-107-106-70(9)115(96)100-94(68(7)69(8)132-100)95(105-84)75-28-30-76(101)31-29-75/h26-33,35,38,51-53,60-67,84H,14-25,34,36-37,39-50,54-59H2,1-13H3/t84-/m0/s1. The number of nitrogens with zero attached hydrogens (tertiary/aromatic N) is 14. The molecule has 0 saturated carbocycles. The fourth-order valence-corrected chi connectivity index (χ4v) is 17.6. The van der Waals surface area contributed by atoms with Crippen molar-refractivity contribution in [3.05, 3.63) is 217 Å². The number of aromatic nitrogens is 12. The Hall–Kier alpha value is -11.0. The van der Waals surface area contributed by atoms with Crippen LogP contribution in [-0.2, 0) is 103 Å². The molecule has 706 valence electrons. The molecule has 0 aliphatic carbocycles. The van der Waals surface area contributed by atoms with E-state index in [0.29, 0.717) is 172 Å². The highest BCUT2D eigenvalue weighted by molar-refractivity contribution is 7.15. The molecule has 0 bridgehead atoms. The van der Waals surface area contributed by atoms with Crippen molar-refractivity contribution in [3.63, 3.8) is 0 Å². The molecule has 0 fully saturated rings. The van der Waals surface area contributed by atoms with Crippen molar-refractivity contribution < 1.29 is 76.4 Å². The fraction of sp³-hybridized carbons (Fsp3) is 0.500. The Morgan fingerprint density at radius 3 is 1.39 bits per heavy atom. The molecule has 32 heteroatoms. The van der Waals surface area contributed by atoms with Crippen LogP contribution in [0.25, 0.3) is 5.00 Å². The molecule has 2 aromatic carbocycles. The van der Waals surface area contributed by atoms with Gasteiger partial charge in [0.1, 0.15) is 52.4 Å². The van der Waals surface area contributed by atoms with E-state index in [4.69, 9.17) is 45.0 Å². The van der Waals surface area contributed by atoms with Gasteiger partial charge in [-0.3, -0.25) is 57.5 Å².